The molecular formula is C5H7BrN2S2. The van der Waals surface area contributed by atoms with Crippen LogP contribution in [0, 0.1) is 5.41 Å². The van der Waals surface area contributed by atoms with E-state index in [1.807, 2.05) is 6.26 Å². The fraction of sp³-hybridized carbons (Fsp3) is 0.600. The highest BCUT2D eigenvalue weighted by Gasteiger charge is 2.19. The van der Waals surface area contributed by atoms with Crippen LogP contribution in [0.25, 0.3) is 0 Å². The third kappa shape index (κ3) is 2.00. The molecule has 0 aromatic heterocycles. The lowest BCUT2D eigenvalue weighted by atomic mass is 10.4. The molecular weight excluding hydrogens is 232 g/mol. The van der Waals surface area contributed by atoms with Crippen molar-refractivity contribution in [1.29, 1.82) is 5.41 Å². The minimum atomic E-state index is 0.106. The van der Waals surface area contributed by atoms with Gasteiger partial charge in [0.15, 0.2) is 0 Å². The lowest BCUT2D eigenvalue weighted by Crippen LogP contribution is -2.13. The average Bonchev–Trinajstić information content (AvgIpc) is 2.34. The summed E-state index contributed by atoms with van der Waals surface area (Å²) in [4.78, 5) is 4.21. The number of hydrogen-bond acceptors (Lipinski definition) is 4. The second-order valence-electron chi connectivity index (χ2n) is 1.78. The number of nitrogens with zero attached hydrogens (tertiary/aromatic N) is 1. The Bertz CT molecular complexity index is 180. The Hall–Kier alpha value is 0.520. The highest BCUT2D eigenvalue weighted by molar-refractivity contribution is 9.22. The molecule has 0 amide bonds. The molecule has 0 spiro atoms. The van der Waals surface area contributed by atoms with E-state index in [0.717, 1.165) is 9.71 Å². The van der Waals surface area contributed by atoms with E-state index in [4.69, 9.17) is 5.41 Å². The lowest BCUT2D eigenvalue weighted by Gasteiger charge is -2.02. The van der Waals surface area contributed by atoms with E-state index in [9.17, 15) is 0 Å². The van der Waals surface area contributed by atoms with Gasteiger partial charge in [0.25, 0.3) is 0 Å². The van der Waals surface area contributed by atoms with Gasteiger partial charge in [0.2, 0.25) is 0 Å². The molecule has 0 saturated carbocycles. The van der Waals surface area contributed by atoms with Crippen LogP contribution >= 0.6 is 39.5 Å². The lowest BCUT2D eigenvalue weighted by molar-refractivity contribution is 1.02. The molecule has 0 bridgehead atoms. The van der Waals surface area contributed by atoms with Crippen LogP contribution in [0.3, 0.4) is 0 Å². The van der Waals surface area contributed by atoms with Crippen molar-refractivity contribution in [2.24, 2.45) is 4.99 Å². The standard InChI is InChI=1S/C5H7BrN2S2/c1-9-4(7)3-2-10-5(6)8-3/h3,7H,2H2,1H3. The van der Waals surface area contributed by atoms with Gasteiger partial charge in [-0.1, -0.05) is 11.8 Å². The summed E-state index contributed by atoms with van der Waals surface area (Å²) in [6.07, 6.45) is 1.91. The van der Waals surface area contributed by atoms with Gasteiger partial charge < -0.3 is 0 Å². The number of hydrogen-bond donors (Lipinski definition) is 1. The van der Waals surface area contributed by atoms with Crippen LogP contribution in [0.4, 0.5) is 0 Å². The van der Waals surface area contributed by atoms with Gasteiger partial charge in [-0.15, -0.1) is 11.8 Å². The summed E-state index contributed by atoms with van der Waals surface area (Å²) in [5.41, 5.74) is 0. The summed E-state index contributed by atoms with van der Waals surface area (Å²) < 4.78 is 0.927. The van der Waals surface area contributed by atoms with E-state index >= 15 is 0 Å². The van der Waals surface area contributed by atoms with Gasteiger partial charge in [-0.25, -0.2) is 0 Å². The third-order valence-corrected chi connectivity index (χ3v) is 3.57. The predicted molar refractivity (Wildman–Crippen MR) is 53.8 cm³/mol. The fourth-order valence-corrected chi connectivity index (χ4v) is 2.51. The summed E-state index contributed by atoms with van der Waals surface area (Å²) in [5, 5.41) is 8.10. The van der Waals surface area contributed by atoms with Gasteiger partial charge >= 0.3 is 0 Å². The van der Waals surface area contributed by atoms with E-state index < -0.39 is 0 Å². The Morgan fingerprint density at radius 1 is 2.00 bits per heavy atom. The molecule has 2 nitrogen and oxygen atoms in total. The summed E-state index contributed by atoms with van der Waals surface area (Å²) >= 11 is 6.41. The van der Waals surface area contributed by atoms with Crippen LogP contribution < -0.4 is 0 Å². The quantitative estimate of drug-likeness (QED) is 0.562. The Kier molecular flexibility index (Phi) is 3.26. The maximum absolute atomic E-state index is 7.45. The molecule has 0 aromatic rings. The van der Waals surface area contributed by atoms with Crippen molar-refractivity contribution in [3.05, 3.63) is 0 Å². The smallest absolute Gasteiger partial charge is 0.134 e. The number of nitrogens with one attached hydrogen (secondary N) is 1. The molecule has 1 rings (SSSR count). The first-order valence-corrected chi connectivity index (χ1v) is 5.73. The first-order chi connectivity index (χ1) is 4.74. The average molecular weight is 239 g/mol. The number of thioether (sulfide) groups is 2. The summed E-state index contributed by atoms with van der Waals surface area (Å²) in [6, 6.07) is 0.106. The predicted octanol–water partition coefficient (Wildman–Crippen LogP) is 2.19. The molecule has 0 saturated heterocycles. The van der Waals surface area contributed by atoms with Gasteiger partial charge in [-0.3, -0.25) is 10.4 Å². The zero-order chi connectivity index (χ0) is 7.56. The van der Waals surface area contributed by atoms with Gasteiger partial charge in [-0.2, -0.15) is 0 Å². The topological polar surface area (TPSA) is 36.2 Å². The molecule has 1 heterocycles. The van der Waals surface area contributed by atoms with Crippen molar-refractivity contribution in [1.82, 2.24) is 0 Å². The van der Waals surface area contributed by atoms with E-state index in [1.54, 1.807) is 11.8 Å². The first-order valence-electron chi connectivity index (χ1n) is 2.72. The normalized spacial score (nSPS) is 24.6. The summed E-state index contributed by atoms with van der Waals surface area (Å²) in [6.45, 7) is 0. The zero-order valence-electron chi connectivity index (χ0n) is 5.43. The van der Waals surface area contributed by atoms with E-state index in [-0.39, 0.29) is 6.04 Å². The molecule has 10 heavy (non-hydrogen) atoms. The Morgan fingerprint density at radius 2 is 2.70 bits per heavy atom. The van der Waals surface area contributed by atoms with Crippen molar-refractivity contribution in [3.8, 4) is 0 Å². The van der Waals surface area contributed by atoms with Crippen LogP contribution in [0.1, 0.15) is 0 Å². The van der Waals surface area contributed by atoms with Crippen molar-refractivity contribution in [2.45, 2.75) is 6.04 Å². The van der Waals surface area contributed by atoms with Gasteiger partial charge in [0, 0.05) is 5.75 Å². The van der Waals surface area contributed by atoms with Crippen molar-refractivity contribution in [2.75, 3.05) is 12.0 Å². The van der Waals surface area contributed by atoms with Crippen molar-refractivity contribution < 1.29 is 0 Å². The molecule has 0 radical (unpaired) electrons. The molecule has 5 heteroatoms. The van der Waals surface area contributed by atoms with Crippen LogP contribution in [0.5, 0.6) is 0 Å². The van der Waals surface area contributed by atoms with Gasteiger partial charge in [-0.05, 0) is 22.2 Å². The molecule has 0 aliphatic carbocycles. The maximum Gasteiger partial charge on any atom is 0.134 e. The minimum absolute atomic E-state index is 0.106. The largest absolute Gasteiger partial charge is 0.296 e. The number of halogens is 1. The molecule has 0 fully saturated rings. The molecule has 1 N–H and O–H groups in total. The van der Waals surface area contributed by atoms with Crippen molar-refractivity contribution >= 4 is 48.5 Å². The highest BCUT2D eigenvalue weighted by Crippen LogP contribution is 2.24. The Labute approximate surface area is 76.9 Å². The summed E-state index contributed by atoms with van der Waals surface area (Å²) in [5.74, 6) is 0.917. The SMILES string of the molecule is CSC(=N)C1CSC(Br)=N1. The minimum Gasteiger partial charge on any atom is -0.296 e. The molecule has 1 unspecified atom stereocenters. The highest BCUT2D eigenvalue weighted by atomic mass is 79.9. The van der Waals surface area contributed by atoms with Crippen LogP contribution in [0.2, 0.25) is 0 Å². The maximum atomic E-state index is 7.45. The van der Waals surface area contributed by atoms with Gasteiger partial charge in [0.1, 0.15) is 9.99 Å². The Balaban J connectivity index is 2.52. The second kappa shape index (κ2) is 3.78. The van der Waals surface area contributed by atoms with Crippen LogP contribution in [0.15, 0.2) is 4.99 Å². The monoisotopic (exact) mass is 238 g/mol. The van der Waals surface area contributed by atoms with Gasteiger partial charge in [0.05, 0.1) is 5.04 Å². The van der Waals surface area contributed by atoms with Crippen LogP contribution in [-0.2, 0) is 0 Å². The number of aliphatic imine (C=N–C) groups is 1. The molecule has 56 valence electrons. The zero-order valence-corrected chi connectivity index (χ0v) is 8.65. The molecule has 0 aromatic carbocycles. The first kappa shape index (κ1) is 8.62. The van der Waals surface area contributed by atoms with E-state index in [2.05, 4.69) is 20.9 Å². The molecule has 1 aliphatic rings. The Morgan fingerprint density at radius 3 is 3.10 bits per heavy atom. The van der Waals surface area contributed by atoms with Crippen LogP contribution in [-0.4, -0.2) is 27.0 Å². The fourth-order valence-electron chi connectivity index (χ4n) is 0.615. The second-order valence-corrected chi connectivity index (χ2v) is 4.91. The van der Waals surface area contributed by atoms with Crippen molar-refractivity contribution in [3.63, 3.8) is 0 Å². The molecule has 1 aliphatic heterocycles. The van der Waals surface area contributed by atoms with E-state index in [1.165, 1.54) is 11.8 Å². The van der Waals surface area contributed by atoms with E-state index in [0.29, 0.717) is 5.04 Å². The number of rotatable bonds is 1. The third-order valence-electron chi connectivity index (χ3n) is 1.14. The summed E-state index contributed by atoms with van der Waals surface area (Å²) in [7, 11) is 0. The molecule has 1 atom stereocenters.